The van der Waals surface area contributed by atoms with Crippen molar-refractivity contribution in [3.05, 3.63) is 57.6 Å². The van der Waals surface area contributed by atoms with E-state index in [0.717, 1.165) is 31.0 Å². The van der Waals surface area contributed by atoms with Crippen LogP contribution in [0.2, 0.25) is 10.0 Å². The summed E-state index contributed by atoms with van der Waals surface area (Å²) in [7, 11) is -3.91. The Morgan fingerprint density at radius 3 is 2.30 bits per heavy atom. The van der Waals surface area contributed by atoms with Crippen LogP contribution in [0.3, 0.4) is 0 Å². The fourth-order valence-corrected chi connectivity index (χ4v) is 4.64. The van der Waals surface area contributed by atoms with Crippen molar-refractivity contribution in [3.63, 3.8) is 0 Å². The first-order valence-corrected chi connectivity index (χ1v) is 10.8. The molecule has 162 valence electrons. The van der Waals surface area contributed by atoms with Crippen molar-refractivity contribution in [2.45, 2.75) is 36.7 Å². The van der Waals surface area contributed by atoms with Gasteiger partial charge in [-0.2, -0.15) is 0 Å². The smallest absolute Gasteiger partial charge is 0.406 e. The summed E-state index contributed by atoms with van der Waals surface area (Å²) in [5.74, 6) is -1.06. The zero-order chi connectivity index (χ0) is 22.1. The second-order valence-electron chi connectivity index (χ2n) is 6.53. The van der Waals surface area contributed by atoms with Gasteiger partial charge in [-0.3, -0.25) is 4.79 Å². The van der Waals surface area contributed by atoms with E-state index >= 15 is 0 Å². The first-order chi connectivity index (χ1) is 13.9. The molecule has 0 bridgehead atoms. The van der Waals surface area contributed by atoms with Gasteiger partial charge in [0.25, 0.3) is 5.91 Å². The van der Waals surface area contributed by atoms with Crippen LogP contribution in [0.4, 0.5) is 13.2 Å². The van der Waals surface area contributed by atoms with Crippen molar-refractivity contribution in [1.82, 2.24) is 10.0 Å². The molecule has 0 aliphatic heterocycles. The maximum Gasteiger partial charge on any atom is 0.573 e. The van der Waals surface area contributed by atoms with Crippen molar-refractivity contribution in [1.29, 1.82) is 0 Å². The lowest BCUT2D eigenvalue weighted by molar-refractivity contribution is -0.274. The number of hydrogen-bond acceptors (Lipinski definition) is 4. The summed E-state index contributed by atoms with van der Waals surface area (Å²) in [6.45, 7) is -0.0352. The first-order valence-electron chi connectivity index (χ1n) is 8.59. The number of ether oxygens (including phenoxy) is 1. The largest absolute Gasteiger partial charge is 0.573 e. The minimum atomic E-state index is -4.80. The molecule has 1 amide bonds. The van der Waals surface area contributed by atoms with E-state index in [2.05, 4.69) is 14.8 Å². The number of rotatable bonds is 7. The number of carbonyl (C=O) groups excluding carboxylic acids is 1. The van der Waals surface area contributed by atoms with Gasteiger partial charge in [-0.05, 0) is 42.7 Å². The van der Waals surface area contributed by atoms with Crippen molar-refractivity contribution in [3.8, 4) is 5.75 Å². The van der Waals surface area contributed by atoms with Crippen molar-refractivity contribution >= 4 is 39.1 Å². The third kappa shape index (κ3) is 6.00. The standard InChI is InChI=1S/C18H15Cl2F3N2O4S/c19-14-8-15(20)16(30(27,28)25-11-3-4-11)7-13(14)17(26)24-9-10-1-5-12(6-2-10)29-18(21,22)23/h1-2,5-8,11,25H,3-4,9H2,(H,24,26). The lowest BCUT2D eigenvalue weighted by Crippen LogP contribution is -2.27. The quantitative estimate of drug-likeness (QED) is 0.617. The summed E-state index contributed by atoms with van der Waals surface area (Å²) in [6, 6.07) is 7.02. The van der Waals surface area contributed by atoms with E-state index in [1.54, 1.807) is 0 Å². The van der Waals surface area contributed by atoms with Crippen LogP contribution in [-0.2, 0) is 16.6 Å². The fourth-order valence-electron chi connectivity index (χ4n) is 2.48. The van der Waals surface area contributed by atoms with E-state index in [-0.39, 0.29) is 33.1 Å². The minimum Gasteiger partial charge on any atom is -0.406 e. The highest BCUT2D eigenvalue weighted by molar-refractivity contribution is 7.89. The lowest BCUT2D eigenvalue weighted by Gasteiger charge is -2.12. The number of benzene rings is 2. The number of hydrogen-bond donors (Lipinski definition) is 2. The summed E-state index contributed by atoms with van der Waals surface area (Å²) in [5.41, 5.74) is 0.389. The molecule has 6 nitrogen and oxygen atoms in total. The maximum atomic E-state index is 12.5. The highest BCUT2D eigenvalue weighted by Crippen LogP contribution is 2.31. The highest BCUT2D eigenvalue weighted by atomic mass is 35.5. The van der Waals surface area contributed by atoms with Crippen molar-refractivity contribution in [2.75, 3.05) is 0 Å². The predicted octanol–water partition coefficient (Wildman–Crippen LogP) is 4.26. The Balaban J connectivity index is 1.71. The van der Waals surface area contributed by atoms with Crippen LogP contribution in [0.5, 0.6) is 5.75 Å². The molecule has 0 atom stereocenters. The van der Waals surface area contributed by atoms with E-state index in [1.165, 1.54) is 18.2 Å². The average Bonchev–Trinajstić information content (AvgIpc) is 3.42. The third-order valence-corrected chi connectivity index (χ3v) is 6.36. The first kappa shape index (κ1) is 22.7. The Labute approximate surface area is 180 Å². The predicted molar refractivity (Wildman–Crippen MR) is 104 cm³/mol. The Bertz CT molecular complexity index is 1060. The van der Waals surface area contributed by atoms with Gasteiger partial charge in [-0.25, -0.2) is 13.1 Å². The number of amides is 1. The molecule has 0 spiro atoms. The second kappa shape index (κ2) is 8.62. The third-order valence-electron chi connectivity index (χ3n) is 4.06. The molecule has 1 aliphatic carbocycles. The second-order valence-corrected chi connectivity index (χ2v) is 9.03. The van der Waals surface area contributed by atoms with Gasteiger partial charge in [-0.1, -0.05) is 35.3 Å². The molecule has 1 aliphatic rings. The molecule has 2 aromatic rings. The van der Waals surface area contributed by atoms with E-state index in [9.17, 15) is 26.4 Å². The number of nitrogens with one attached hydrogen (secondary N) is 2. The molecule has 2 aromatic carbocycles. The van der Waals surface area contributed by atoms with Crippen LogP contribution in [0.25, 0.3) is 0 Å². The van der Waals surface area contributed by atoms with E-state index in [0.29, 0.717) is 5.56 Å². The van der Waals surface area contributed by atoms with Gasteiger partial charge in [0.15, 0.2) is 0 Å². The van der Waals surface area contributed by atoms with Gasteiger partial charge in [0.05, 0.1) is 15.6 Å². The Morgan fingerprint density at radius 2 is 1.73 bits per heavy atom. The monoisotopic (exact) mass is 482 g/mol. The molecule has 0 aromatic heterocycles. The summed E-state index contributed by atoms with van der Waals surface area (Å²) in [6.07, 6.45) is -3.34. The summed E-state index contributed by atoms with van der Waals surface area (Å²) < 4.78 is 67.7. The highest BCUT2D eigenvalue weighted by Gasteiger charge is 2.31. The molecule has 3 rings (SSSR count). The van der Waals surface area contributed by atoms with Gasteiger partial charge in [-0.15, -0.1) is 13.2 Å². The Hall–Kier alpha value is -2.01. The number of sulfonamides is 1. The van der Waals surface area contributed by atoms with E-state index in [4.69, 9.17) is 23.2 Å². The average molecular weight is 483 g/mol. The van der Waals surface area contributed by atoms with Crippen molar-refractivity contribution < 1.29 is 31.1 Å². The molecule has 2 N–H and O–H groups in total. The molecule has 1 saturated carbocycles. The Morgan fingerprint density at radius 1 is 1.10 bits per heavy atom. The van der Waals surface area contributed by atoms with Crippen LogP contribution in [0, 0.1) is 0 Å². The molecule has 0 saturated heterocycles. The SMILES string of the molecule is O=C(NCc1ccc(OC(F)(F)F)cc1)c1cc(S(=O)(=O)NC2CC2)c(Cl)cc1Cl. The molecule has 0 unspecified atom stereocenters. The van der Waals surface area contributed by atoms with Gasteiger partial charge in [0, 0.05) is 12.6 Å². The lowest BCUT2D eigenvalue weighted by atomic mass is 10.2. The maximum absolute atomic E-state index is 12.5. The van der Waals surface area contributed by atoms with Gasteiger partial charge < -0.3 is 10.1 Å². The molecule has 0 heterocycles. The van der Waals surface area contributed by atoms with Gasteiger partial charge in [0.2, 0.25) is 10.0 Å². The van der Waals surface area contributed by atoms with Crippen molar-refractivity contribution in [2.24, 2.45) is 0 Å². The Kier molecular flexibility index (Phi) is 6.51. The molecule has 0 radical (unpaired) electrons. The fraction of sp³-hybridized carbons (Fsp3) is 0.278. The molecule has 12 heteroatoms. The molecule has 30 heavy (non-hydrogen) atoms. The van der Waals surface area contributed by atoms with Crippen LogP contribution in [-0.4, -0.2) is 26.7 Å². The van der Waals surface area contributed by atoms with Gasteiger partial charge >= 0.3 is 6.36 Å². The van der Waals surface area contributed by atoms with Crippen LogP contribution in [0.1, 0.15) is 28.8 Å². The van der Waals surface area contributed by atoms with Crippen LogP contribution >= 0.6 is 23.2 Å². The molecular formula is C18H15Cl2F3N2O4S. The van der Waals surface area contributed by atoms with Gasteiger partial charge in [0.1, 0.15) is 10.6 Å². The molecular weight excluding hydrogens is 468 g/mol. The summed E-state index contributed by atoms with van der Waals surface area (Å²) in [5, 5.41) is 2.37. The molecule has 1 fully saturated rings. The zero-order valence-corrected chi connectivity index (χ0v) is 17.4. The normalized spacial score (nSPS) is 14.4. The topological polar surface area (TPSA) is 84.5 Å². The van der Waals surface area contributed by atoms with E-state index < -0.39 is 28.0 Å². The zero-order valence-electron chi connectivity index (χ0n) is 15.1. The van der Waals surface area contributed by atoms with Crippen LogP contribution in [0.15, 0.2) is 41.3 Å². The van der Waals surface area contributed by atoms with E-state index in [1.807, 2.05) is 0 Å². The minimum absolute atomic E-state index is 0.0352. The number of carbonyl (C=O) groups is 1. The summed E-state index contributed by atoms with van der Waals surface area (Å²) >= 11 is 12.0. The summed E-state index contributed by atoms with van der Waals surface area (Å²) in [4.78, 5) is 12.2. The number of alkyl halides is 3. The number of halogens is 5. The van der Waals surface area contributed by atoms with Crippen LogP contribution < -0.4 is 14.8 Å².